The molecule has 0 fully saturated rings. The molecule has 32 heavy (non-hydrogen) atoms. The molecule has 0 saturated carbocycles. The molecule has 2 aromatic heterocycles. The molecule has 6 nitrogen and oxygen atoms in total. The SMILES string of the molecule is CCCn1c(=O)c(-c2ccc(C(=O)NC(C)c3ccc(F)cc3)cc2)nc2cccnc21. The van der Waals surface area contributed by atoms with Crippen LogP contribution >= 0.6 is 0 Å². The van der Waals surface area contributed by atoms with E-state index >= 15 is 0 Å². The summed E-state index contributed by atoms with van der Waals surface area (Å²) < 4.78 is 14.8. The Balaban J connectivity index is 1.60. The predicted molar refractivity (Wildman–Crippen MR) is 122 cm³/mol. The van der Waals surface area contributed by atoms with E-state index in [0.717, 1.165) is 12.0 Å². The number of fused-ring (bicyclic) bond motifs is 1. The number of hydrogen-bond donors (Lipinski definition) is 1. The molecule has 2 aromatic carbocycles. The van der Waals surface area contributed by atoms with Gasteiger partial charge >= 0.3 is 0 Å². The fraction of sp³-hybridized carbons (Fsp3) is 0.200. The lowest BCUT2D eigenvalue weighted by Crippen LogP contribution is -2.26. The van der Waals surface area contributed by atoms with Gasteiger partial charge in [-0.25, -0.2) is 14.4 Å². The fourth-order valence-electron chi connectivity index (χ4n) is 3.59. The number of amides is 1. The Hall–Kier alpha value is -3.87. The van der Waals surface area contributed by atoms with Gasteiger partial charge in [-0.05, 0) is 55.3 Å². The first kappa shape index (κ1) is 21.4. The lowest BCUT2D eigenvalue weighted by atomic mass is 10.1. The van der Waals surface area contributed by atoms with Crippen LogP contribution in [-0.2, 0) is 6.54 Å². The van der Waals surface area contributed by atoms with Crippen LogP contribution in [-0.4, -0.2) is 20.4 Å². The van der Waals surface area contributed by atoms with Crippen LogP contribution in [0.2, 0.25) is 0 Å². The van der Waals surface area contributed by atoms with E-state index < -0.39 is 0 Å². The largest absolute Gasteiger partial charge is 0.346 e. The highest BCUT2D eigenvalue weighted by molar-refractivity contribution is 5.95. The second-order valence-corrected chi connectivity index (χ2v) is 7.59. The average molecular weight is 430 g/mol. The molecule has 0 spiro atoms. The van der Waals surface area contributed by atoms with Crippen LogP contribution in [0.1, 0.15) is 42.2 Å². The predicted octanol–water partition coefficient (Wildman–Crippen LogP) is 4.50. The van der Waals surface area contributed by atoms with Crippen LogP contribution in [0.5, 0.6) is 0 Å². The van der Waals surface area contributed by atoms with Gasteiger partial charge in [-0.1, -0.05) is 31.2 Å². The molecular weight excluding hydrogens is 407 g/mol. The lowest BCUT2D eigenvalue weighted by molar-refractivity contribution is 0.0940. The summed E-state index contributed by atoms with van der Waals surface area (Å²) in [4.78, 5) is 34.6. The molecule has 4 aromatic rings. The van der Waals surface area contributed by atoms with E-state index in [4.69, 9.17) is 0 Å². The van der Waals surface area contributed by atoms with Gasteiger partial charge in [-0.3, -0.25) is 14.2 Å². The smallest absolute Gasteiger partial charge is 0.278 e. The molecule has 0 bridgehead atoms. The summed E-state index contributed by atoms with van der Waals surface area (Å²) in [6.45, 7) is 4.38. The highest BCUT2D eigenvalue weighted by Gasteiger charge is 2.15. The topological polar surface area (TPSA) is 76.9 Å². The summed E-state index contributed by atoms with van der Waals surface area (Å²) in [5.41, 5.74) is 3.22. The molecule has 1 N–H and O–H groups in total. The van der Waals surface area contributed by atoms with Gasteiger partial charge in [-0.15, -0.1) is 0 Å². The van der Waals surface area contributed by atoms with Crippen LogP contribution in [0.15, 0.2) is 71.7 Å². The van der Waals surface area contributed by atoms with E-state index in [0.29, 0.717) is 34.5 Å². The third-order valence-electron chi connectivity index (χ3n) is 5.29. The number of carbonyl (C=O) groups excluding carboxylic acids is 1. The van der Waals surface area contributed by atoms with Gasteiger partial charge in [0.1, 0.15) is 17.0 Å². The maximum absolute atomic E-state index is 13.1. The number of hydrogen-bond acceptors (Lipinski definition) is 4. The zero-order valence-electron chi connectivity index (χ0n) is 17.9. The summed E-state index contributed by atoms with van der Waals surface area (Å²) in [5.74, 6) is -0.577. The molecule has 1 amide bonds. The van der Waals surface area contributed by atoms with Gasteiger partial charge in [0.15, 0.2) is 5.65 Å². The lowest BCUT2D eigenvalue weighted by Gasteiger charge is -2.15. The van der Waals surface area contributed by atoms with E-state index in [2.05, 4.69) is 15.3 Å². The van der Waals surface area contributed by atoms with Gasteiger partial charge in [0, 0.05) is 23.9 Å². The number of benzene rings is 2. The highest BCUT2D eigenvalue weighted by Crippen LogP contribution is 2.19. The zero-order valence-corrected chi connectivity index (χ0v) is 17.9. The van der Waals surface area contributed by atoms with Crippen molar-refractivity contribution >= 4 is 17.1 Å². The molecule has 0 aliphatic rings. The van der Waals surface area contributed by atoms with Crippen LogP contribution in [0, 0.1) is 5.82 Å². The Labute approximate surface area is 184 Å². The molecule has 1 atom stereocenters. The number of carbonyl (C=O) groups is 1. The number of aryl methyl sites for hydroxylation is 1. The monoisotopic (exact) mass is 430 g/mol. The summed E-state index contributed by atoms with van der Waals surface area (Å²) >= 11 is 0. The van der Waals surface area contributed by atoms with Crippen LogP contribution in [0.3, 0.4) is 0 Å². The Bertz CT molecular complexity index is 1310. The molecular formula is C25H23FN4O2. The molecule has 0 aliphatic carbocycles. The second kappa shape index (κ2) is 9.09. The van der Waals surface area contributed by atoms with Crippen molar-refractivity contribution in [3.05, 3.63) is 94.2 Å². The van der Waals surface area contributed by atoms with Gasteiger partial charge < -0.3 is 5.32 Å². The molecule has 0 aliphatic heterocycles. The van der Waals surface area contributed by atoms with Crippen LogP contribution in [0.4, 0.5) is 4.39 Å². The highest BCUT2D eigenvalue weighted by atomic mass is 19.1. The number of pyridine rings is 1. The third kappa shape index (κ3) is 4.27. The van der Waals surface area contributed by atoms with Gasteiger partial charge in [-0.2, -0.15) is 0 Å². The van der Waals surface area contributed by atoms with Crippen molar-refractivity contribution in [2.24, 2.45) is 0 Å². The minimum Gasteiger partial charge on any atom is -0.346 e. The average Bonchev–Trinajstić information content (AvgIpc) is 2.81. The van der Waals surface area contributed by atoms with E-state index in [-0.39, 0.29) is 23.3 Å². The first-order valence-electron chi connectivity index (χ1n) is 10.5. The normalized spacial score (nSPS) is 12.0. The van der Waals surface area contributed by atoms with Crippen molar-refractivity contribution in [1.29, 1.82) is 0 Å². The standard InChI is InChI=1S/C25H23FN4O2/c1-3-15-30-23-21(5-4-14-27-23)29-22(25(30)32)18-6-8-19(9-7-18)24(31)28-16(2)17-10-12-20(26)13-11-17/h4-14,16H,3,15H2,1-2H3,(H,28,31). The van der Waals surface area contributed by atoms with E-state index in [1.54, 1.807) is 53.2 Å². The van der Waals surface area contributed by atoms with E-state index in [9.17, 15) is 14.0 Å². The van der Waals surface area contributed by atoms with Gasteiger partial charge in [0.2, 0.25) is 0 Å². The Morgan fingerprint density at radius 1 is 1.09 bits per heavy atom. The maximum Gasteiger partial charge on any atom is 0.278 e. The Morgan fingerprint density at radius 3 is 2.50 bits per heavy atom. The number of nitrogens with one attached hydrogen (secondary N) is 1. The summed E-state index contributed by atoms with van der Waals surface area (Å²) in [6, 6.07) is 16.1. The maximum atomic E-state index is 13.1. The van der Waals surface area contributed by atoms with Crippen molar-refractivity contribution in [2.75, 3.05) is 0 Å². The molecule has 0 radical (unpaired) electrons. The minimum absolute atomic E-state index is 0.208. The van der Waals surface area contributed by atoms with Crippen molar-refractivity contribution in [1.82, 2.24) is 19.9 Å². The van der Waals surface area contributed by atoms with E-state index in [1.807, 2.05) is 19.9 Å². The minimum atomic E-state index is -0.320. The number of aromatic nitrogens is 3. The first-order chi connectivity index (χ1) is 15.5. The zero-order chi connectivity index (χ0) is 22.7. The fourth-order valence-corrected chi connectivity index (χ4v) is 3.59. The van der Waals surface area contributed by atoms with E-state index in [1.165, 1.54) is 12.1 Å². The summed E-state index contributed by atoms with van der Waals surface area (Å²) in [5, 5.41) is 2.90. The third-order valence-corrected chi connectivity index (χ3v) is 5.29. The number of nitrogens with zero attached hydrogens (tertiary/aromatic N) is 3. The van der Waals surface area contributed by atoms with Crippen molar-refractivity contribution in [2.45, 2.75) is 32.9 Å². The number of rotatable bonds is 6. The van der Waals surface area contributed by atoms with Crippen molar-refractivity contribution < 1.29 is 9.18 Å². The number of halogens is 1. The summed E-state index contributed by atoms with van der Waals surface area (Å²) in [6.07, 6.45) is 2.44. The molecule has 162 valence electrons. The molecule has 2 heterocycles. The molecule has 4 rings (SSSR count). The Kier molecular flexibility index (Phi) is 6.07. The van der Waals surface area contributed by atoms with Crippen molar-refractivity contribution in [3.8, 4) is 11.3 Å². The van der Waals surface area contributed by atoms with Gasteiger partial charge in [0.25, 0.3) is 11.5 Å². The van der Waals surface area contributed by atoms with Crippen molar-refractivity contribution in [3.63, 3.8) is 0 Å². The molecule has 0 saturated heterocycles. The molecule has 7 heteroatoms. The molecule has 1 unspecified atom stereocenters. The second-order valence-electron chi connectivity index (χ2n) is 7.59. The first-order valence-corrected chi connectivity index (χ1v) is 10.5. The summed E-state index contributed by atoms with van der Waals surface area (Å²) in [7, 11) is 0. The quantitative estimate of drug-likeness (QED) is 0.489. The van der Waals surface area contributed by atoms with Gasteiger partial charge in [0.05, 0.1) is 6.04 Å². The van der Waals surface area contributed by atoms with Crippen LogP contribution in [0.25, 0.3) is 22.4 Å². The van der Waals surface area contributed by atoms with Crippen LogP contribution < -0.4 is 10.9 Å². The Morgan fingerprint density at radius 2 is 1.81 bits per heavy atom.